The maximum Gasteiger partial charge on any atom is 0.266 e. The summed E-state index contributed by atoms with van der Waals surface area (Å²) in [6, 6.07) is 6.52. The minimum absolute atomic E-state index is 0.00805. The van der Waals surface area contributed by atoms with Gasteiger partial charge in [-0.2, -0.15) is 0 Å². The number of aromatic nitrogens is 1. The van der Waals surface area contributed by atoms with Crippen molar-refractivity contribution in [1.29, 1.82) is 0 Å². The fourth-order valence-electron chi connectivity index (χ4n) is 4.01. The molecular formula is C23H21Cl2F2N3O3S2. The van der Waals surface area contributed by atoms with E-state index in [4.69, 9.17) is 27.9 Å². The van der Waals surface area contributed by atoms with Crippen molar-refractivity contribution in [3.8, 4) is 5.75 Å². The lowest BCUT2D eigenvalue weighted by atomic mass is 9.80. The Morgan fingerprint density at radius 2 is 1.97 bits per heavy atom. The molecule has 4 rings (SSSR count). The Hall–Kier alpha value is -2.24. The van der Waals surface area contributed by atoms with Crippen LogP contribution in [0.2, 0.25) is 10.0 Å². The number of halogens is 4. The first-order valence-electron chi connectivity index (χ1n) is 10.5. The molecule has 1 aliphatic rings. The molecule has 186 valence electrons. The average Bonchev–Trinajstić information content (AvgIpc) is 3.33. The third kappa shape index (κ3) is 5.78. The van der Waals surface area contributed by atoms with Gasteiger partial charge in [-0.05, 0) is 49.2 Å². The van der Waals surface area contributed by atoms with Crippen LogP contribution in [0.25, 0.3) is 5.57 Å². The van der Waals surface area contributed by atoms with Gasteiger partial charge in [0.15, 0.2) is 5.82 Å². The van der Waals surface area contributed by atoms with E-state index in [1.807, 2.05) is 13.1 Å². The van der Waals surface area contributed by atoms with E-state index in [2.05, 4.69) is 15.0 Å². The van der Waals surface area contributed by atoms with Gasteiger partial charge in [0, 0.05) is 23.4 Å². The van der Waals surface area contributed by atoms with Crippen molar-refractivity contribution in [3.63, 3.8) is 0 Å². The van der Waals surface area contributed by atoms with Gasteiger partial charge in [-0.3, -0.25) is 4.72 Å². The van der Waals surface area contributed by atoms with Crippen molar-refractivity contribution in [2.75, 3.05) is 18.4 Å². The van der Waals surface area contributed by atoms with Crippen molar-refractivity contribution >= 4 is 56.0 Å². The molecule has 0 amide bonds. The first kappa shape index (κ1) is 25.8. The van der Waals surface area contributed by atoms with E-state index in [1.165, 1.54) is 28.3 Å². The first-order chi connectivity index (χ1) is 16.7. The molecule has 0 bridgehead atoms. The highest BCUT2D eigenvalue weighted by molar-refractivity contribution is 7.92. The smallest absolute Gasteiger partial charge is 0.266 e. The van der Waals surface area contributed by atoms with Crippen LogP contribution in [0, 0.1) is 17.6 Å². The minimum atomic E-state index is -4.24. The summed E-state index contributed by atoms with van der Waals surface area (Å²) in [6.45, 7) is 0.120. The average molecular weight is 560 g/mol. The number of nitrogens with zero attached hydrogens (tertiary/aromatic N) is 1. The lowest BCUT2D eigenvalue weighted by molar-refractivity contribution is 0.239. The Morgan fingerprint density at radius 1 is 1.17 bits per heavy atom. The number of sulfonamides is 1. The van der Waals surface area contributed by atoms with E-state index in [9.17, 15) is 17.2 Å². The lowest BCUT2D eigenvalue weighted by Gasteiger charge is -2.33. The monoisotopic (exact) mass is 559 g/mol. The van der Waals surface area contributed by atoms with E-state index in [1.54, 1.807) is 12.1 Å². The second-order valence-corrected chi connectivity index (χ2v) is 11.1. The zero-order chi connectivity index (χ0) is 25.2. The van der Waals surface area contributed by atoms with Crippen LogP contribution in [0.15, 0.2) is 52.2 Å². The summed E-state index contributed by atoms with van der Waals surface area (Å²) in [6.07, 6.45) is 3.69. The molecule has 0 saturated heterocycles. The Labute approximate surface area is 216 Å². The molecule has 1 aromatic heterocycles. The van der Waals surface area contributed by atoms with Gasteiger partial charge in [0.1, 0.15) is 22.3 Å². The molecule has 1 heterocycles. The Balaban J connectivity index is 1.57. The number of hydrogen-bond donors (Lipinski definition) is 2. The summed E-state index contributed by atoms with van der Waals surface area (Å²) < 4.78 is 61.8. The Kier molecular flexibility index (Phi) is 7.97. The normalized spacial score (nSPS) is 18.3. The number of benzene rings is 2. The molecule has 6 nitrogen and oxygen atoms in total. The van der Waals surface area contributed by atoms with Gasteiger partial charge in [0.2, 0.25) is 0 Å². The van der Waals surface area contributed by atoms with Crippen molar-refractivity contribution < 1.29 is 21.9 Å². The summed E-state index contributed by atoms with van der Waals surface area (Å²) >= 11 is 13.5. The fraction of sp³-hybridized carbons (Fsp3) is 0.261. The standard InChI is InChI=1S/C23H21Cl2F2N3O3S2/c1-28-20-4-2-3-14(13-5-6-18(26)16(24)7-13)15(20)10-33-21-9-19(27)22(8-17(21)25)35(31,32)30-23-11-34-12-29-23/h3,5-9,11-12,15,20,28,30H,2,4,10H2,1H3. The fourth-order valence-corrected chi connectivity index (χ4v) is 6.12. The molecule has 2 aromatic carbocycles. The van der Waals surface area contributed by atoms with Gasteiger partial charge in [-0.15, -0.1) is 11.3 Å². The minimum Gasteiger partial charge on any atom is -0.491 e. The summed E-state index contributed by atoms with van der Waals surface area (Å²) in [5.74, 6) is -1.60. The Morgan fingerprint density at radius 3 is 2.66 bits per heavy atom. The SMILES string of the molecule is CNC1CCC=C(c2ccc(F)c(Cl)c2)C1COc1cc(F)c(S(=O)(=O)Nc2cscn2)cc1Cl. The zero-order valence-electron chi connectivity index (χ0n) is 18.4. The van der Waals surface area contributed by atoms with Crippen LogP contribution in [0.4, 0.5) is 14.6 Å². The summed E-state index contributed by atoms with van der Waals surface area (Å²) in [4.78, 5) is 3.23. The highest BCUT2D eigenvalue weighted by Crippen LogP contribution is 2.37. The number of anilines is 1. The van der Waals surface area contributed by atoms with Crippen LogP contribution in [-0.2, 0) is 10.0 Å². The lowest BCUT2D eigenvalue weighted by Crippen LogP contribution is -2.39. The van der Waals surface area contributed by atoms with E-state index in [0.717, 1.165) is 36.1 Å². The topological polar surface area (TPSA) is 80.3 Å². The molecule has 0 spiro atoms. The molecule has 0 radical (unpaired) electrons. The van der Waals surface area contributed by atoms with Gasteiger partial charge >= 0.3 is 0 Å². The molecule has 2 unspecified atom stereocenters. The molecule has 35 heavy (non-hydrogen) atoms. The van der Waals surface area contributed by atoms with Gasteiger partial charge in [-0.25, -0.2) is 22.2 Å². The molecular weight excluding hydrogens is 539 g/mol. The van der Waals surface area contributed by atoms with Crippen LogP contribution in [-0.4, -0.2) is 33.1 Å². The van der Waals surface area contributed by atoms with Gasteiger partial charge in [0.25, 0.3) is 10.0 Å². The predicted molar refractivity (Wildman–Crippen MR) is 135 cm³/mol. The maximum absolute atomic E-state index is 14.8. The number of ether oxygens (including phenoxy) is 1. The van der Waals surface area contributed by atoms with Gasteiger partial charge < -0.3 is 10.1 Å². The van der Waals surface area contributed by atoms with Crippen molar-refractivity contribution in [3.05, 3.63) is 74.5 Å². The maximum atomic E-state index is 14.8. The van der Waals surface area contributed by atoms with E-state index in [0.29, 0.717) is 0 Å². The number of allylic oxidation sites excluding steroid dienone is 1. The highest BCUT2D eigenvalue weighted by Gasteiger charge is 2.30. The number of thiazole rings is 1. The summed E-state index contributed by atoms with van der Waals surface area (Å²) in [5, 5.41) is 4.71. The molecule has 1 aliphatic carbocycles. The van der Waals surface area contributed by atoms with E-state index >= 15 is 0 Å². The third-order valence-corrected chi connectivity index (χ3v) is 8.26. The summed E-state index contributed by atoms with van der Waals surface area (Å²) in [5.41, 5.74) is 3.13. The Bertz CT molecular complexity index is 1350. The number of nitrogens with one attached hydrogen (secondary N) is 2. The molecule has 0 fully saturated rings. The van der Waals surface area contributed by atoms with Gasteiger partial charge in [-0.1, -0.05) is 35.3 Å². The van der Waals surface area contributed by atoms with E-state index < -0.39 is 26.6 Å². The van der Waals surface area contributed by atoms with Crippen LogP contribution in [0.3, 0.4) is 0 Å². The number of rotatable bonds is 8. The van der Waals surface area contributed by atoms with Crippen LogP contribution in [0.1, 0.15) is 18.4 Å². The van der Waals surface area contributed by atoms with Crippen LogP contribution < -0.4 is 14.8 Å². The molecule has 2 atom stereocenters. The molecule has 3 aromatic rings. The molecule has 2 N–H and O–H groups in total. The predicted octanol–water partition coefficient (Wildman–Crippen LogP) is 5.99. The largest absolute Gasteiger partial charge is 0.491 e. The molecule has 0 saturated carbocycles. The van der Waals surface area contributed by atoms with Crippen molar-refractivity contribution in [2.24, 2.45) is 5.92 Å². The summed E-state index contributed by atoms with van der Waals surface area (Å²) in [7, 11) is -2.40. The molecule has 0 aliphatic heterocycles. The second-order valence-electron chi connectivity index (χ2n) is 7.87. The van der Waals surface area contributed by atoms with E-state index in [-0.39, 0.29) is 40.2 Å². The van der Waals surface area contributed by atoms with Crippen LogP contribution >= 0.6 is 34.5 Å². The van der Waals surface area contributed by atoms with Crippen LogP contribution in [0.5, 0.6) is 5.75 Å². The van der Waals surface area contributed by atoms with Gasteiger partial charge in [0.05, 0.1) is 22.2 Å². The highest BCUT2D eigenvalue weighted by atomic mass is 35.5. The first-order valence-corrected chi connectivity index (χ1v) is 13.7. The third-order valence-electron chi connectivity index (χ3n) is 5.72. The van der Waals surface area contributed by atoms with Crippen molar-refractivity contribution in [1.82, 2.24) is 10.3 Å². The number of hydrogen-bond acceptors (Lipinski definition) is 6. The zero-order valence-corrected chi connectivity index (χ0v) is 21.5. The van der Waals surface area contributed by atoms with Crippen molar-refractivity contribution in [2.45, 2.75) is 23.8 Å². The molecule has 12 heteroatoms. The second kappa shape index (κ2) is 10.8. The quantitative estimate of drug-likeness (QED) is 0.354.